The Morgan fingerprint density at radius 2 is 2.07 bits per heavy atom. The minimum Gasteiger partial charge on any atom is -0.380 e. The van der Waals surface area contributed by atoms with Crippen LogP contribution >= 0.6 is 0 Å². The second-order valence-electron chi connectivity index (χ2n) is 5.03. The van der Waals surface area contributed by atoms with E-state index in [0.717, 1.165) is 19.6 Å². The van der Waals surface area contributed by atoms with E-state index in [1.54, 1.807) is 0 Å². The highest BCUT2D eigenvalue weighted by atomic mass is 16.5. The van der Waals surface area contributed by atoms with Gasteiger partial charge >= 0.3 is 0 Å². The zero-order valence-electron chi connectivity index (χ0n) is 9.82. The van der Waals surface area contributed by atoms with Crippen molar-refractivity contribution >= 4 is 0 Å². The predicted octanol–water partition coefficient (Wildman–Crippen LogP) is 1.37. The van der Waals surface area contributed by atoms with Crippen LogP contribution in [-0.2, 0) is 4.74 Å². The average Bonchev–Trinajstić information content (AvgIpc) is 2.44. The Labute approximate surface area is 93.0 Å². The molecule has 2 aliphatic rings. The van der Waals surface area contributed by atoms with Crippen molar-refractivity contribution in [3.05, 3.63) is 0 Å². The largest absolute Gasteiger partial charge is 0.380 e. The van der Waals surface area contributed by atoms with E-state index in [0.29, 0.717) is 18.1 Å². The van der Waals surface area contributed by atoms with Crippen molar-refractivity contribution in [3.63, 3.8) is 0 Å². The molecule has 15 heavy (non-hydrogen) atoms. The smallest absolute Gasteiger partial charge is 0.0637 e. The number of rotatable bonds is 1. The first-order chi connectivity index (χ1) is 7.29. The Bertz CT molecular complexity index is 198. The fraction of sp³-hybridized carbons (Fsp3) is 1.00. The number of likely N-dealkylation sites (tertiary alicyclic amines) is 1. The third-order valence-electron chi connectivity index (χ3n) is 3.91. The maximum absolute atomic E-state index is 6.20. The Morgan fingerprint density at radius 1 is 1.20 bits per heavy atom. The highest BCUT2D eigenvalue weighted by molar-refractivity contribution is 4.88. The Hall–Kier alpha value is -0.120. The number of hydrogen-bond acceptors (Lipinski definition) is 3. The second-order valence-corrected chi connectivity index (χ2v) is 5.03. The van der Waals surface area contributed by atoms with Crippen LogP contribution in [0.2, 0.25) is 0 Å². The summed E-state index contributed by atoms with van der Waals surface area (Å²) in [6, 6.07) is 1.47. The Morgan fingerprint density at radius 3 is 2.87 bits per heavy atom. The molecule has 0 aromatic rings. The van der Waals surface area contributed by atoms with Gasteiger partial charge in [-0.05, 0) is 32.7 Å². The first kappa shape index (κ1) is 11.4. The van der Waals surface area contributed by atoms with Gasteiger partial charge in [0.1, 0.15) is 0 Å². The summed E-state index contributed by atoms with van der Waals surface area (Å²) in [5.41, 5.74) is 6.20. The number of nitrogens with zero attached hydrogens (tertiary/aromatic N) is 1. The third-order valence-corrected chi connectivity index (χ3v) is 3.91. The summed E-state index contributed by atoms with van der Waals surface area (Å²) in [5.74, 6) is 0. The van der Waals surface area contributed by atoms with Crippen LogP contribution in [0.4, 0.5) is 0 Å². The molecule has 0 saturated carbocycles. The van der Waals surface area contributed by atoms with Crippen molar-refractivity contribution in [3.8, 4) is 0 Å². The van der Waals surface area contributed by atoms with Crippen LogP contribution < -0.4 is 5.73 Å². The lowest BCUT2D eigenvalue weighted by molar-refractivity contribution is -0.00746. The van der Waals surface area contributed by atoms with E-state index < -0.39 is 0 Å². The molecule has 2 aliphatic heterocycles. The number of hydrogen-bond donors (Lipinski definition) is 1. The molecule has 3 atom stereocenters. The van der Waals surface area contributed by atoms with Gasteiger partial charge in [0.05, 0.1) is 6.61 Å². The first-order valence-corrected chi connectivity index (χ1v) is 6.38. The minimum absolute atomic E-state index is 0.319. The summed E-state index contributed by atoms with van der Waals surface area (Å²) in [6.45, 7) is 5.24. The van der Waals surface area contributed by atoms with Crippen molar-refractivity contribution in [1.29, 1.82) is 0 Å². The highest BCUT2D eigenvalue weighted by Crippen LogP contribution is 2.22. The summed E-state index contributed by atoms with van der Waals surface area (Å²) in [5, 5.41) is 0. The summed E-state index contributed by atoms with van der Waals surface area (Å²) < 4.78 is 5.57. The van der Waals surface area contributed by atoms with Crippen LogP contribution in [0.15, 0.2) is 0 Å². The van der Waals surface area contributed by atoms with Crippen LogP contribution in [0, 0.1) is 0 Å². The van der Waals surface area contributed by atoms with Crippen molar-refractivity contribution in [2.75, 3.05) is 19.8 Å². The van der Waals surface area contributed by atoms with Gasteiger partial charge in [-0.3, -0.25) is 4.90 Å². The van der Waals surface area contributed by atoms with Crippen molar-refractivity contribution in [2.45, 2.75) is 57.2 Å². The standard InChI is InChI=1S/C12H24N2O/c1-10-5-3-2-4-7-14(10)12-9-15-8-6-11(12)13/h10-12H,2-9,13H2,1H3. The average molecular weight is 212 g/mol. The highest BCUT2D eigenvalue weighted by Gasteiger charge is 2.31. The molecule has 88 valence electrons. The zero-order valence-corrected chi connectivity index (χ0v) is 9.82. The molecule has 0 aromatic heterocycles. The van der Waals surface area contributed by atoms with Gasteiger partial charge in [0.2, 0.25) is 0 Å². The van der Waals surface area contributed by atoms with E-state index >= 15 is 0 Å². The maximum Gasteiger partial charge on any atom is 0.0637 e. The molecule has 2 fully saturated rings. The summed E-state index contributed by atoms with van der Waals surface area (Å²) in [6.07, 6.45) is 6.43. The second kappa shape index (κ2) is 5.28. The topological polar surface area (TPSA) is 38.5 Å². The Balaban J connectivity index is 1.98. The molecule has 3 unspecified atom stereocenters. The van der Waals surface area contributed by atoms with E-state index in [9.17, 15) is 0 Å². The molecule has 0 spiro atoms. The monoisotopic (exact) mass is 212 g/mol. The number of nitrogens with two attached hydrogens (primary N) is 1. The molecule has 2 N–H and O–H groups in total. The minimum atomic E-state index is 0.319. The summed E-state index contributed by atoms with van der Waals surface area (Å²) in [4.78, 5) is 2.59. The van der Waals surface area contributed by atoms with Gasteiger partial charge in [0, 0.05) is 24.7 Å². The van der Waals surface area contributed by atoms with E-state index in [1.807, 2.05) is 0 Å². The van der Waals surface area contributed by atoms with Gasteiger partial charge < -0.3 is 10.5 Å². The lowest BCUT2D eigenvalue weighted by atomic mass is 10.0. The quantitative estimate of drug-likeness (QED) is 0.713. The van der Waals surface area contributed by atoms with Gasteiger partial charge in [-0.1, -0.05) is 12.8 Å². The fourth-order valence-corrected chi connectivity index (χ4v) is 2.87. The lowest BCUT2D eigenvalue weighted by Crippen LogP contribution is -2.56. The maximum atomic E-state index is 6.20. The molecule has 3 nitrogen and oxygen atoms in total. The zero-order chi connectivity index (χ0) is 10.7. The fourth-order valence-electron chi connectivity index (χ4n) is 2.87. The van der Waals surface area contributed by atoms with E-state index in [-0.39, 0.29) is 0 Å². The molecule has 2 saturated heterocycles. The molecular weight excluding hydrogens is 188 g/mol. The van der Waals surface area contributed by atoms with Gasteiger partial charge in [-0.15, -0.1) is 0 Å². The number of ether oxygens (including phenoxy) is 1. The van der Waals surface area contributed by atoms with Crippen molar-refractivity contribution in [2.24, 2.45) is 5.73 Å². The van der Waals surface area contributed by atoms with Crippen LogP contribution in [0.5, 0.6) is 0 Å². The van der Waals surface area contributed by atoms with E-state index in [4.69, 9.17) is 10.5 Å². The first-order valence-electron chi connectivity index (χ1n) is 6.38. The SMILES string of the molecule is CC1CCCCCN1C1COCCC1N. The lowest BCUT2D eigenvalue weighted by Gasteiger charge is -2.40. The molecular formula is C12H24N2O. The summed E-state index contributed by atoms with van der Waals surface area (Å²) >= 11 is 0. The third kappa shape index (κ3) is 2.71. The van der Waals surface area contributed by atoms with Crippen LogP contribution in [-0.4, -0.2) is 42.8 Å². The van der Waals surface area contributed by atoms with Gasteiger partial charge in [-0.2, -0.15) is 0 Å². The van der Waals surface area contributed by atoms with Crippen LogP contribution in [0.25, 0.3) is 0 Å². The predicted molar refractivity (Wildman–Crippen MR) is 61.8 cm³/mol. The molecule has 2 heterocycles. The molecule has 0 aliphatic carbocycles. The Kier molecular flexibility index (Phi) is 4.00. The molecule has 0 amide bonds. The molecule has 0 radical (unpaired) electrons. The summed E-state index contributed by atoms with van der Waals surface area (Å²) in [7, 11) is 0. The van der Waals surface area contributed by atoms with Crippen molar-refractivity contribution < 1.29 is 4.74 Å². The molecule has 3 heteroatoms. The van der Waals surface area contributed by atoms with Gasteiger partial charge in [0.15, 0.2) is 0 Å². The van der Waals surface area contributed by atoms with Crippen LogP contribution in [0.3, 0.4) is 0 Å². The van der Waals surface area contributed by atoms with Gasteiger partial charge in [0.25, 0.3) is 0 Å². The van der Waals surface area contributed by atoms with Crippen LogP contribution in [0.1, 0.15) is 39.0 Å². The van der Waals surface area contributed by atoms with E-state index in [1.165, 1.54) is 32.2 Å². The molecule has 0 aromatic carbocycles. The van der Waals surface area contributed by atoms with E-state index in [2.05, 4.69) is 11.8 Å². The van der Waals surface area contributed by atoms with Gasteiger partial charge in [-0.25, -0.2) is 0 Å². The molecule has 0 bridgehead atoms. The van der Waals surface area contributed by atoms with Crippen molar-refractivity contribution in [1.82, 2.24) is 4.90 Å². The normalized spacial score (nSPS) is 40.0. The molecule has 2 rings (SSSR count).